The summed E-state index contributed by atoms with van der Waals surface area (Å²) in [5.41, 5.74) is 0.859. The molecule has 0 atom stereocenters. The highest BCUT2D eigenvalue weighted by Gasteiger charge is 2.17. The Balaban J connectivity index is 2.28. The maximum Gasteiger partial charge on any atom is 0.220 e. The molecular weight excluding hydrogens is 274 g/mol. The molecule has 4 heteroatoms. The highest BCUT2D eigenvalue weighted by molar-refractivity contribution is 6.31. The summed E-state index contributed by atoms with van der Waals surface area (Å²) >= 11 is 5.95. The molecule has 0 heterocycles. The summed E-state index contributed by atoms with van der Waals surface area (Å²) in [5.74, 6) is 0.869. The van der Waals surface area contributed by atoms with E-state index in [4.69, 9.17) is 16.3 Å². The molecule has 1 rings (SSSR count). The minimum atomic E-state index is -0.134. The van der Waals surface area contributed by atoms with Crippen LogP contribution in [0.25, 0.3) is 0 Å². The van der Waals surface area contributed by atoms with Gasteiger partial charge in [0.1, 0.15) is 5.75 Å². The van der Waals surface area contributed by atoms with Crippen LogP contribution < -0.4 is 10.1 Å². The van der Waals surface area contributed by atoms with Crippen LogP contribution >= 0.6 is 11.6 Å². The van der Waals surface area contributed by atoms with Gasteiger partial charge in [-0.05, 0) is 57.4 Å². The van der Waals surface area contributed by atoms with Crippen LogP contribution in [0.15, 0.2) is 18.2 Å². The fourth-order valence-corrected chi connectivity index (χ4v) is 1.78. The lowest BCUT2D eigenvalue weighted by Crippen LogP contribution is -2.42. The predicted molar refractivity (Wildman–Crippen MR) is 83.4 cm³/mol. The molecule has 20 heavy (non-hydrogen) atoms. The average Bonchev–Trinajstić information content (AvgIpc) is 2.38. The van der Waals surface area contributed by atoms with Gasteiger partial charge in [0.25, 0.3) is 0 Å². The van der Waals surface area contributed by atoms with Crippen molar-refractivity contribution in [1.82, 2.24) is 5.32 Å². The summed E-state index contributed by atoms with van der Waals surface area (Å²) in [6.07, 6.45) is 2.10. The van der Waals surface area contributed by atoms with Gasteiger partial charge >= 0.3 is 0 Å². The first-order valence-corrected chi connectivity index (χ1v) is 7.42. The Kier molecular flexibility index (Phi) is 6.34. The van der Waals surface area contributed by atoms with Crippen LogP contribution in [0.2, 0.25) is 5.02 Å². The average molecular weight is 298 g/mol. The second-order valence-corrected chi connectivity index (χ2v) is 6.06. The van der Waals surface area contributed by atoms with Crippen molar-refractivity contribution in [1.29, 1.82) is 0 Å². The zero-order valence-electron chi connectivity index (χ0n) is 12.8. The lowest BCUT2D eigenvalue weighted by molar-refractivity contribution is -0.122. The lowest BCUT2D eigenvalue weighted by Gasteiger charge is -2.24. The van der Waals surface area contributed by atoms with E-state index in [9.17, 15) is 4.79 Å². The lowest BCUT2D eigenvalue weighted by atomic mass is 10.0. The van der Waals surface area contributed by atoms with Crippen LogP contribution in [-0.2, 0) is 4.79 Å². The van der Waals surface area contributed by atoms with Crippen molar-refractivity contribution in [2.75, 3.05) is 6.61 Å². The number of rotatable bonds is 7. The van der Waals surface area contributed by atoms with Crippen LogP contribution in [0, 0.1) is 6.92 Å². The van der Waals surface area contributed by atoms with Crippen molar-refractivity contribution in [3.8, 4) is 5.75 Å². The van der Waals surface area contributed by atoms with Gasteiger partial charge in [0, 0.05) is 17.0 Å². The quantitative estimate of drug-likeness (QED) is 0.769. The standard InChI is InChI=1S/C16H24ClNO2/c1-5-16(3,4)18-15(19)7-6-10-20-13-8-9-14(17)12(2)11-13/h8-9,11H,5-7,10H2,1-4H3,(H,18,19). The van der Waals surface area contributed by atoms with Crippen LogP contribution in [0.3, 0.4) is 0 Å². The second kappa shape index (κ2) is 7.53. The number of ether oxygens (including phenoxy) is 1. The first-order chi connectivity index (χ1) is 9.34. The zero-order valence-corrected chi connectivity index (χ0v) is 13.5. The number of carbonyl (C=O) groups is 1. The van der Waals surface area contributed by atoms with Gasteiger partial charge in [-0.25, -0.2) is 0 Å². The van der Waals surface area contributed by atoms with E-state index in [0.29, 0.717) is 19.4 Å². The van der Waals surface area contributed by atoms with Crippen LogP contribution in [0.1, 0.15) is 45.6 Å². The Morgan fingerprint density at radius 1 is 1.40 bits per heavy atom. The molecule has 0 saturated carbocycles. The highest BCUT2D eigenvalue weighted by atomic mass is 35.5. The summed E-state index contributed by atoms with van der Waals surface area (Å²) in [7, 11) is 0. The molecule has 1 aromatic rings. The highest BCUT2D eigenvalue weighted by Crippen LogP contribution is 2.21. The Morgan fingerprint density at radius 2 is 2.10 bits per heavy atom. The van der Waals surface area contributed by atoms with Gasteiger partial charge in [-0.2, -0.15) is 0 Å². The Hall–Kier alpha value is -1.22. The van der Waals surface area contributed by atoms with E-state index < -0.39 is 0 Å². The molecule has 0 aromatic heterocycles. The number of hydrogen-bond acceptors (Lipinski definition) is 2. The number of nitrogens with one attached hydrogen (secondary N) is 1. The van der Waals surface area contributed by atoms with Gasteiger partial charge in [-0.3, -0.25) is 4.79 Å². The van der Waals surface area contributed by atoms with E-state index in [1.807, 2.05) is 39.0 Å². The molecule has 112 valence electrons. The smallest absolute Gasteiger partial charge is 0.220 e. The molecule has 0 radical (unpaired) electrons. The summed E-state index contributed by atoms with van der Waals surface area (Å²) in [6, 6.07) is 5.57. The van der Waals surface area contributed by atoms with Gasteiger partial charge in [-0.15, -0.1) is 0 Å². The van der Waals surface area contributed by atoms with Crippen molar-refractivity contribution < 1.29 is 9.53 Å². The Bertz CT molecular complexity index is 458. The molecule has 1 amide bonds. The van der Waals surface area contributed by atoms with Gasteiger partial charge in [0.05, 0.1) is 6.61 Å². The minimum Gasteiger partial charge on any atom is -0.494 e. The third kappa shape index (κ3) is 5.83. The van der Waals surface area contributed by atoms with Gasteiger partial charge in [-0.1, -0.05) is 18.5 Å². The Labute approximate surface area is 126 Å². The van der Waals surface area contributed by atoms with Crippen LogP contribution in [0.5, 0.6) is 5.75 Å². The normalized spacial score (nSPS) is 11.2. The summed E-state index contributed by atoms with van der Waals surface area (Å²) in [6.45, 7) is 8.58. The molecule has 0 aliphatic rings. The molecule has 0 spiro atoms. The van der Waals surface area contributed by atoms with E-state index >= 15 is 0 Å². The third-order valence-corrected chi connectivity index (χ3v) is 3.73. The molecule has 1 N–H and O–H groups in total. The molecule has 3 nitrogen and oxygen atoms in total. The van der Waals surface area contributed by atoms with E-state index in [0.717, 1.165) is 22.8 Å². The summed E-state index contributed by atoms with van der Waals surface area (Å²) in [4.78, 5) is 11.7. The molecule has 0 fully saturated rings. The number of hydrogen-bond donors (Lipinski definition) is 1. The van der Waals surface area contributed by atoms with Crippen molar-refractivity contribution >= 4 is 17.5 Å². The van der Waals surface area contributed by atoms with E-state index in [2.05, 4.69) is 12.2 Å². The monoisotopic (exact) mass is 297 g/mol. The van der Waals surface area contributed by atoms with Crippen LogP contribution in [-0.4, -0.2) is 18.1 Å². The van der Waals surface area contributed by atoms with E-state index in [1.165, 1.54) is 0 Å². The maximum absolute atomic E-state index is 11.7. The number of halogens is 1. The SMILES string of the molecule is CCC(C)(C)NC(=O)CCCOc1ccc(Cl)c(C)c1. The van der Waals surface area contributed by atoms with Crippen molar-refractivity contribution in [3.05, 3.63) is 28.8 Å². The molecule has 0 aliphatic heterocycles. The van der Waals surface area contributed by atoms with Crippen molar-refractivity contribution in [2.24, 2.45) is 0 Å². The first-order valence-electron chi connectivity index (χ1n) is 7.04. The third-order valence-electron chi connectivity index (χ3n) is 3.31. The Morgan fingerprint density at radius 3 is 2.70 bits per heavy atom. The fourth-order valence-electron chi connectivity index (χ4n) is 1.66. The largest absolute Gasteiger partial charge is 0.494 e. The predicted octanol–water partition coefficient (Wildman–Crippen LogP) is 4.11. The van der Waals surface area contributed by atoms with Gasteiger partial charge < -0.3 is 10.1 Å². The molecule has 0 aliphatic carbocycles. The number of amides is 1. The van der Waals surface area contributed by atoms with Gasteiger partial charge in [0.2, 0.25) is 5.91 Å². The summed E-state index contributed by atoms with van der Waals surface area (Å²) in [5, 5.41) is 3.74. The first kappa shape index (κ1) is 16.8. The van der Waals surface area contributed by atoms with E-state index in [1.54, 1.807) is 0 Å². The van der Waals surface area contributed by atoms with E-state index in [-0.39, 0.29) is 11.4 Å². The summed E-state index contributed by atoms with van der Waals surface area (Å²) < 4.78 is 5.61. The molecular formula is C16H24ClNO2. The fraction of sp³-hybridized carbons (Fsp3) is 0.562. The van der Waals surface area contributed by atoms with Gasteiger partial charge in [0.15, 0.2) is 0 Å². The molecule has 1 aromatic carbocycles. The zero-order chi connectivity index (χ0) is 15.2. The second-order valence-electron chi connectivity index (χ2n) is 5.65. The molecule has 0 bridgehead atoms. The number of carbonyl (C=O) groups excluding carboxylic acids is 1. The van der Waals surface area contributed by atoms with Crippen LogP contribution in [0.4, 0.5) is 0 Å². The number of benzene rings is 1. The molecule has 0 unspecified atom stereocenters. The van der Waals surface area contributed by atoms with Crippen molar-refractivity contribution in [2.45, 2.75) is 52.5 Å². The molecule has 0 saturated heterocycles. The van der Waals surface area contributed by atoms with Crippen molar-refractivity contribution in [3.63, 3.8) is 0 Å². The topological polar surface area (TPSA) is 38.3 Å². The minimum absolute atomic E-state index is 0.0766. The maximum atomic E-state index is 11.7. The number of aryl methyl sites for hydroxylation is 1.